The van der Waals surface area contributed by atoms with Crippen molar-refractivity contribution in [1.29, 1.82) is 10.5 Å². The number of nitrogens with zero attached hydrogens (tertiary/aromatic N) is 2. The van der Waals surface area contributed by atoms with E-state index < -0.39 is 5.41 Å². The Morgan fingerprint density at radius 2 is 1.83 bits per heavy atom. The van der Waals surface area contributed by atoms with E-state index >= 15 is 0 Å². The number of allylic oxidation sites excluding steroid dienone is 2. The fourth-order valence-corrected chi connectivity index (χ4v) is 2.23. The van der Waals surface area contributed by atoms with Crippen LogP contribution in [0.2, 0.25) is 0 Å². The van der Waals surface area contributed by atoms with E-state index in [1.54, 1.807) is 6.92 Å². The highest BCUT2D eigenvalue weighted by Gasteiger charge is 2.36. The highest BCUT2D eigenvalue weighted by Crippen LogP contribution is 2.39. The van der Waals surface area contributed by atoms with Gasteiger partial charge in [-0.2, -0.15) is 10.5 Å². The highest BCUT2D eigenvalue weighted by atomic mass is 32.2. The van der Waals surface area contributed by atoms with Crippen LogP contribution in [0.25, 0.3) is 5.57 Å². The molecule has 0 bridgehead atoms. The zero-order valence-electron chi connectivity index (χ0n) is 10.5. The first-order valence-electron chi connectivity index (χ1n) is 5.39. The molecule has 1 aromatic rings. The van der Waals surface area contributed by atoms with Gasteiger partial charge in [0.25, 0.3) is 0 Å². The molecule has 0 aromatic heterocycles. The van der Waals surface area contributed by atoms with Gasteiger partial charge in [-0.05, 0) is 35.3 Å². The van der Waals surface area contributed by atoms with E-state index in [9.17, 15) is 10.5 Å². The number of benzene rings is 1. The fraction of sp³-hybridized carbons (Fsp3) is 0.200. The third-order valence-corrected chi connectivity index (χ3v) is 3.39. The Labute approximate surface area is 112 Å². The SMILES string of the molecule is C=C(c1ccccc1)C(C#N)(C#N)/C(C)=C/SC. The molecule has 0 unspecified atom stereocenters. The van der Waals surface area contributed by atoms with Crippen molar-refractivity contribution >= 4 is 17.3 Å². The van der Waals surface area contributed by atoms with Gasteiger partial charge in [0.1, 0.15) is 0 Å². The minimum absolute atomic E-state index is 0.524. The molecule has 1 rings (SSSR count). The van der Waals surface area contributed by atoms with Gasteiger partial charge in [-0.1, -0.05) is 36.9 Å². The Bertz CT molecular complexity index is 530. The molecule has 0 aliphatic carbocycles. The number of hydrogen-bond acceptors (Lipinski definition) is 3. The van der Waals surface area contributed by atoms with Crippen LogP contribution in [-0.2, 0) is 0 Å². The van der Waals surface area contributed by atoms with Gasteiger partial charge < -0.3 is 0 Å². The average Bonchev–Trinajstić information content (AvgIpc) is 2.42. The zero-order valence-corrected chi connectivity index (χ0v) is 11.3. The first-order valence-corrected chi connectivity index (χ1v) is 6.68. The second-order valence-corrected chi connectivity index (χ2v) is 4.56. The monoisotopic (exact) mass is 254 g/mol. The van der Waals surface area contributed by atoms with Crippen LogP contribution < -0.4 is 0 Å². The second kappa shape index (κ2) is 6.10. The summed E-state index contributed by atoms with van der Waals surface area (Å²) in [7, 11) is 0. The van der Waals surface area contributed by atoms with Crippen molar-refractivity contribution in [3.8, 4) is 12.1 Å². The molecule has 0 N–H and O–H groups in total. The van der Waals surface area contributed by atoms with Crippen LogP contribution in [0, 0.1) is 28.1 Å². The Morgan fingerprint density at radius 1 is 1.28 bits per heavy atom. The number of nitriles is 2. The van der Waals surface area contributed by atoms with Crippen molar-refractivity contribution in [3.05, 3.63) is 53.5 Å². The van der Waals surface area contributed by atoms with Crippen molar-refractivity contribution in [3.63, 3.8) is 0 Å². The lowest BCUT2D eigenvalue weighted by atomic mass is 9.75. The summed E-state index contributed by atoms with van der Waals surface area (Å²) in [5.74, 6) is 0. The molecule has 0 fully saturated rings. The van der Waals surface area contributed by atoms with Gasteiger partial charge in [0, 0.05) is 0 Å². The van der Waals surface area contributed by atoms with E-state index in [2.05, 4.69) is 18.7 Å². The van der Waals surface area contributed by atoms with Crippen molar-refractivity contribution in [1.82, 2.24) is 0 Å². The van der Waals surface area contributed by atoms with Crippen LogP contribution in [0.1, 0.15) is 12.5 Å². The molecule has 3 heteroatoms. The zero-order chi connectivity index (χ0) is 13.6. The number of rotatable bonds is 4. The van der Waals surface area contributed by atoms with Crippen molar-refractivity contribution < 1.29 is 0 Å². The summed E-state index contributed by atoms with van der Waals surface area (Å²) in [5, 5.41) is 20.7. The van der Waals surface area contributed by atoms with E-state index in [-0.39, 0.29) is 0 Å². The van der Waals surface area contributed by atoms with Gasteiger partial charge in [0.2, 0.25) is 0 Å². The van der Waals surface area contributed by atoms with E-state index in [0.29, 0.717) is 11.1 Å². The van der Waals surface area contributed by atoms with E-state index in [4.69, 9.17) is 0 Å². The largest absolute Gasteiger partial charge is 0.196 e. The van der Waals surface area contributed by atoms with E-state index in [1.807, 2.05) is 42.0 Å². The lowest BCUT2D eigenvalue weighted by Crippen LogP contribution is -2.19. The molecule has 1 aromatic carbocycles. The standard InChI is InChI=1S/C15H14N2S/c1-12(9-18-3)15(10-16,11-17)13(2)14-7-5-4-6-8-14/h4-9H,2H2,1,3H3/b12-9+. The minimum Gasteiger partial charge on any atom is -0.196 e. The summed E-state index contributed by atoms with van der Waals surface area (Å²) >= 11 is 1.47. The maximum absolute atomic E-state index is 9.42. The predicted molar refractivity (Wildman–Crippen MR) is 76.4 cm³/mol. The molecule has 0 saturated carbocycles. The molecule has 0 atom stereocenters. The van der Waals surface area contributed by atoms with Gasteiger partial charge in [0.05, 0.1) is 12.1 Å². The highest BCUT2D eigenvalue weighted by molar-refractivity contribution is 8.01. The summed E-state index contributed by atoms with van der Waals surface area (Å²) in [6.07, 6.45) is 1.90. The van der Waals surface area contributed by atoms with Crippen molar-refractivity contribution in [2.24, 2.45) is 5.41 Å². The Morgan fingerprint density at radius 3 is 2.28 bits per heavy atom. The molecule has 0 aliphatic heterocycles. The summed E-state index contributed by atoms with van der Waals surface area (Å²) in [6.45, 7) is 5.74. The van der Waals surface area contributed by atoms with Crippen LogP contribution in [0.15, 0.2) is 47.9 Å². The second-order valence-electron chi connectivity index (χ2n) is 3.85. The van der Waals surface area contributed by atoms with E-state index in [1.165, 1.54) is 11.8 Å². The first-order chi connectivity index (χ1) is 8.62. The smallest absolute Gasteiger partial charge is 0.190 e. The molecule has 0 aliphatic rings. The van der Waals surface area contributed by atoms with Crippen molar-refractivity contribution in [2.75, 3.05) is 6.26 Å². The number of thioether (sulfide) groups is 1. The van der Waals surface area contributed by atoms with Gasteiger partial charge >= 0.3 is 0 Å². The van der Waals surface area contributed by atoms with Crippen LogP contribution in [0.4, 0.5) is 0 Å². The Kier molecular flexibility index (Phi) is 4.77. The normalized spacial score (nSPS) is 11.4. The van der Waals surface area contributed by atoms with Crippen LogP contribution in [-0.4, -0.2) is 6.26 Å². The summed E-state index contributed by atoms with van der Waals surface area (Å²) < 4.78 is 0. The average molecular weight is 254 g/mol. The first kappa shape index (κ1) is 14.1. The molecule has 0 saturated heterocycles. The van der Waals surface area contributed by atoms with Crippen LogP contribution in [0.3, 0.4) is 0 Å². The fourth-order valence-electron chi connectivity index (χ4n) is 1.70. The Hall–Kier alpha value is -1.97. The lowest BCUT2D eigenvalue weighted by molar-refractivity contribution is 0.817. The molecule has 0 heterocycles. The predicted octanol–water partition coefficient (Wildman–Crippen LogP) is 4.00. The lowest BCUT2D eigenvalue weighted by Gasteiger charge is -2.22. The third kappa shape index (κ3) is 2.47. The minimum atomic E-state index is -1.29. The molecule has 0 radical (unpaired) electrons. The van der Waals surface area contributed by atoms with Crippen molar-refractivity contribution in [2.45, 2.75) is 6.92 Å². The molecular weight excluding hydrogens is 240 g/mol. The molecule has 0 spiro atoms. The van der Waals surface area contributed by atoms with Crippen LogP contribution >= 0.6 is 11.8 Å². The summed E-state index contributed by atoms with van der Waals surface area (Å²) in [6, 6.07) is 13.6. The van der Waals surface area contributed by atoms with Gasteiger partial charge in [-0.25, -0.2) is 0 Å². The van der Waals surface area contributed by atoms with Crippen LogP contribution in [0.5, 0.6) is 0 Å². The maximum Gasteiger partial charge on any atom is 0.190 e. The quantitative estimate of drug-likeness (QED) is 0.816. The maximum atomic E-state index is 9.42. The third-order valence-electron chi connectivity index (χ3n) is 2.80. The van der Waals surface area contributed by atoms with Gasteiger partial charge in [-0.3, -0.25) is 0 Å². The van der Waals surface area contributed by atoms with E-state index in [0.717, 1.165) is 5.56 Å². The number of hydrogen-bond donors (Lipinski definition) is 0. The van der Waals surface area contributed by atoms with Gasteiger partial charge in [-0.15, -0.1) is 11.8 Å². The summed E-state index contributed by atoms with van der Waals surface area (Å²) in [4.78, 5) is 0. The molecule has 2 nitrogen and oxygen atoms in total. The van der Waals surface area contributed by atoms with Gasteiger partial charge in [0.15, 0.2) is 5.41 Å². The molecule has 90 valence electrons. The molecule has 18 heavy (non-hydrogen) atoms. The molecular formula is C15H14N2S. The Balaban J connectivity index is 3.33. The topological polar surface area (TPSA) is 47.6 Å². The summed E-state index contributed by atoms with van der Waals surface area (Å²) in [5.41, 5.74) is 0.754. The molecule has 0 amide bonds.